The van der Waals surface area contributed by atoms with E-state index in [0.29, 0.717) is 13.0 Å². The van der Waals surface area contributed by atoms with Crippen LogP contribution < -0.4 is 10.6 Å². The number of hydrogen-bond donors (Lipinski definition) is 2. The van der Waals surface area contributed by atoms with Crippen molar-refractivity contribution in [3.8, 4) is 0 Å². The van der Waals surface area contributed by atoms with Gasteiger partial charge in [0.25, 0.3) is 0 Å². The van der Waals surface area contributed by atoms with Crippen molar-refractivity contribution in [2.45, 2.75) is 38.5 Å². The summed E-state index contributed by atoms with van der Waals surface area (Å²) >= 11 is 3.36. The van der Waals surface area contributed by atoms with Crippen LogP contribution in [0.2, 0.25) is 0 Å². The Labute approximate surface area is 162 Å². The van der Waals surface area contributed by atoms with Crippen LogP contribution in [-0.2, 0) is 28.9 Å². The first kappa shape index (κ1) is 18.6. The van der Waals surface area contributed by atoms with Gasteiger partial charge in [0.05, 0.1) is 6.42 Å². The third-order valence-corrected chi connectivity index (χ3v) is 5.11. The van der Waals surface area contributed by atoms with Gasteiger partial charge in [0.2, 0.25) is 11.8 Å². The molecule has 0 saturated heterocycles. The second kappa shape index (κ2) is 8.99. The molecule has 3 rings (SSSR count). The van der Waals surface area contributed by atoms with E-state index >= 15 is 0 Å². The summed E-state index contributed by atoms with van der Waals surface area (Å²) in [4.78, 5) is 24.0. The molecule has 136 valence electrons. The summed E-state index contributed by atoms with van der Waals surface area (Å²) in [6.45, 7) is 0.339. The molecule has 2 amide bonds. The van der Waals surface area contributed by atoms with E-state index in [-0.39, 0.29) is 18.2 Å². The van der Waals surface area contributed by atoms with E-state index in [1.54, 1.807) is 0 Å². The van der Waals surface area contributed by atoms with E-state index in [2.05, 4.69) is 38.7 Å². The SMILES string of the molecule is O=C(Cc1ccc2c(c1)CCCC2)NCCC(=O)Nc1ccc(Br)cc1. The smallest absolute Gasteiger partial charge is 0.226 e. The average Bonchev–Trinajstić information content (AvgIpc) is 2.63. The van der Waals surface area contributed by atoms with Crippen molar-refractivity contribution in [2.24, 2.45) is 0 Å². The van der Waals surface area contributed by atoms with E-state index in [1.807, 2.05) is 30.3 Å². The molecule has 0 atom stereocenters. The second-order valence-corrected chi connectivity index (χ2v) is 7.56. The lowest BCUT2D eigenvalue weighted by Gasteiger charge is -2.16. The molecule has 0 aromatic heterocycles. The molecule has 1 aliphatic rings. The van der Waals surface area contributed by atoms with Gasteiger partial charge in [-0.15, -0.1) is 0 Å². The molecule has 0 spiro atoms. The van der Waals surface area contributed by atoms with Crippen LogP contribution in [0.5, 0.6) is 0 Å². The first-order valence-corrected chi connectivity index (χ1v) is 9.82. The molecule has 0 saturated carbocycles. The number of carbonyl (C=O) groups excluding carboxylic acids is 2. The Balaban J connectivity index is 1.41. The monoisotopic (exact) mass is 414 g/mol. The van der Waals surface area contributed by atoms with E-state index < -0.39 is 0 Å². The number of halogens is 1. The largest absolute Gasteiger partial charge is 0.355 e. The number of nitrogens with one attached hydrogen (secondary N) is 2. The third kappa shape index (κ3) is 5.43. The highest BCUT2D eigenvalue weighted by atomic mass is 79.9. The molecule has 0 aliphatic heterocycles. The standard InChI is InChI=1S/C21H23BrN2O2/c22-18-7-9-19(10-8-18)24-20(25)11-12-23-21(26)14-15-5-6-16-3-1-2-4-17(16)13-15/h5-10,13H,1-4,11-12,14H2,(H,23,26)(H,24,25). The zero-order chi connectivity index (χ0) is 18.4. The van der Waals surface area contributed by atoms with Crippen molar-refractivity contribution in [3.05, 3.63) is 63.6 Å². The van der Waals surface area contributed by atoms with E-state index in [1.165, 1.54) is 24.0 Å². The second-order valence-electron chi connectivity index (χ2n) is 6.64. The molecule has 0 bridgehead atoms. The van der Waals surface area contributed by atoms with Gasteiger partial charge in [-0.3, -0.25) is 9.59 Å². The minimum atomic E-state index is -0.110. The summed E-state index contributed by atoms with van der Waals surface area (Å²) in [7, 11) is 0. The zero-order valence-electron chi connectivity index (χ0n) is 14.7. The van der Waals surface area contributed by atoms with Crippen molar-refractivity contribution in [3.63, 3.8) is 0 Å². The van der Waals surface area contributed by atoms with Crippen molar-refractivity contribution < 1.29 is 9.59 Å². The van der Waals surface area contributed by atoms with Crippen molar-refractivity contribution in [2.75, 3.05) is 11.9 Å². The van der Waals surface area contributed by atoms with Crippen molar-refractivity contribution >= 4 is 33.4 Å². The number of rotatable bonds is 6. The minimum Gasteiger partial charge on any atom is -0.355 e. The predicted molar refractivity (Wildman–Crippen MR) is 107 cm³/mol. The van der Waals surface area contributed by atoms with Crippen LogP contribution in [0.1, 0.15) is 36.0 Å². The summed E-state index contributed by atoms with van der Waals surface area (Å²) in [5.41, 5.74) is 4.60. The molecule has 5 heteroatoms. The van der Waals surface area contributed by atoms with Crippen molar-refractivity contribution in [1.82, 2.24) is 5.32 Å². The molecule has 4 nitrogen and oxygen atoms in total. The van der Waals surface area contributed by atoms with Gasteiger partial charge in [0, 0.05) is 23.1 Å². The van der Waals surface area contributed by atoms with Gasteiger partial charge in [-0.1, -0.05) is 34.1 Å². The summed E-state index contributed by atoms with van der Waals surface area (Å²) in [5, 5.41) is 5.65. The van der Waals surface area contributed by atoms with Crippen LogP contribution in [0.3, 0.4) is 0 Å². The Bertz CT molecular complexity index is 787. The fraction of sp³-hybridized carbons (Fsp3) is 0.333. The van der Waals surface area contributed by atoms with Crippen LogP contribution in [0.25, 0.3) is 0 Å². The van der Waals surface area contributed by atoms with Crippen molar-refractivity contribution in [1.29, 1.82) is 0 Å². The van der Waals surface area contributed by atoms with Gasteiger partial charge in [0.15, 0.2) is 0 Å². The number of carbonyl (C=O) groups is 2. The summed E-state index contributed by atoms with van der Waals surface area (Å²) in [6, 6.07) is 13.8. The van der Waals surface area contributed by atoms with Gasteiger partial charge in [-0.05, 0) is 66.6 Å². The Hall–Kier alpha value is -2.14. The quantitative estimate of drug-likeness (QED) is 0.749. The number of amides is 2. The Kier molecular flexibility index (Phi) is 6.45. The maximum Gasteiger partial charge on any atom is 0.226 e. The third-order valence-electron chi connectivity index (χ3n) is 4.58. The highest BCUT2D eigenvalue weighted by molar-refractivity contribution is 9.10. The topological polar surface area (TPSA) is 58.2 Å². The molecule has 26 heavy (non-hydrogen) atoms. The average molecular weight is 415 g/mol. The first-order valence-electron chi connectivity index (χ1n) is 9.03. The Morgan fingerprint density at radius 3 is 2.42 bits per heavy atom. The Morgan fingerprint density at radius 2 is 1.65 bits per heavy atom. The van der Waals surface area contributed by atoms with Crippen LogP contribution >= 0.6 is 15.9 Å². The summed E-state index contributed by atoms with van der Waals surface area (Å²) in [6.07, 6.45) is 5.37. The molecular formula is C21H23BrN2O2. The Morgan fingerprint density at radius 1 is 0.923 bits per heavy atom. The maximum absolute atomic E-state index is 12.1. The van der Waals surface area contributed by atoms with Gasteiger partial charge in [-0.25, -0.2) is 0 Å². The molecular weight excluding hydrogens is 392 g/mol. The lowest BCUT2D eigenvalue weighted by molar-refractivity contribution is -0.120. The van der Waals surface area contributed by atoms with Crippen LogP contribution in [-0.4, -0.2) is 18.4 Å². The number of fused-ring (bicyclic) bond motifs is 1. The van der Waals surface area contributed by atoms with Gasteiger partial charge in [-0.2, -0.15) is 0 Å². The number of hydrogen-bond acceptors (Lipinski definition) is 2. The molecule has 0 fully saturated rings. The highest BCUT2D eigenvalue weighted by Gasteiger charge is 2.11. The van der Waals surface area contributed by atoms with E-state index in [4.69, 9.17) is 0 Å². The summed E-state index contributed by atoms with van der Waals surface area (Å²) in [5.74, 6) is -0.154. The van der Waals surface area contributed by atoms with Crippen LogP contribution in [0.15, 0.2) is 46.9 Å². The number of anilines is 1. The highest BCUT2D eigenvalue weighted by Crippen LogP contribution is 2.22. The molecule has 1 aliphatic carbocycles. The lowest BCUT2D eigenvalue weighted by Crippen LogP contribution is -2.29. The van der Waals surface area contributed by atoms with E-state index in [0.717, 1.165) is 28.6 Å². The number of aryl methyl sites for hydroxylation is 2. The molecule has 0 heterocycles. The lowest BCUT2D eigenvalue weighted by atomic mass is 9.90. The maximum atomic E-state index is 12.1. The first-order chi connectivity index (χ1) is 12.6. The molecule has 0 radical (unpaired) electrons. The fourth-order valence-corrected chi connectivity index (χ4v) is 3.48. The number of benzene rings is 2. The van der Waals surface area contributed by atoms with Crippen LogP contribution in [0, 0.1) is 0 Å². The van der Waals surface area contributed by atoms with Gasteiger partial charge < -0.3 is 10.6 Å². The molecule has 2 aromatic carbocycles. The zero-order valence-corrected chi connectivity index (χ0v) is 16.3. The molecule has 0 unspecified atom stereocenters. The van der Waals surface area contributed by atoms with Crippen LogP contribution in [0.4, 0.5) is 5.69 Å². The van der Waals surface area contributed by atoms with Gasteiger partial charge >= 0.3 is 0 Å². The molecule has 2 aromatic rings. The fourth-order valence-electron chi connectivity index (χ4n) is 3.22. The van der Waals surface area contributed by atoms with Gasteiger partial charge in [0.1, 0.15) is 0 Å². The summed E-state index contributed by atoms with van der Waals surface area (Å²) < 4.78 is 0.963. The minimum absolute atomic E-state index is 0.0443. The van der Waals surface area contributed by atoms with E-state index in [9.17, 15) is 9.59 Å². The molecule has 2 N–H and O–H groups in total. The predicted octanol–water partition coefficient (Wildman–Crippen LogP) is 4.02. The normalized spacial score (nSPS) is 13.0.